The third-order valence-electron chi connectivity index (χ3n) is 4.45. The highest BCUT2D eigenvalue weighted by molar-refractivity contribution is 5.04. The lowest BCUT2D eigenvalue weighted by Gasteiger charge is -2.26. The zero-order chi connectivity index (χ0) is 13.9. The van der Waals surface area contributed by atoms with Crippen molar-refractivity contribution in [3.05, 3.63) is 11.7 Å². The molecule has 0 saturated heterocycles. The van der Waals surface area contributed by atoms with Crippen molar-refractivity contribution in [2.75, 3.05) is 7.11 Å². The van der Waals surface area contributed by atoms with Gasteiger partial charge in [0.25, 0.3) is 0 Å². The summed E-state index contributed by atoms with van der Waals surface area (Å²) in [4.78, 5) is 4.60. The molecule has 1 aliphatic rings. The molecule has 0 radical (unpaired) electrons. The Kier molecular flexibility index (Phi) is 4.58. The standard InChI is InChI=1S/C14H25N3O2/c1-4-14(5-2,18-3)13-16-12(19-17-13)10-7-6-8-11(15)9-10/h10-11H,4-9,15H2,1-3H3. The van der Waals surface area contributed by atoms with Gasteiger partial charge in [0.2, 0.25) is 11.7 Å². The largest absolute Gasteiger partial charge is 0.370 e. The molecule has 0 spiro atoms. The second-order valence-electron chi connectivity index (χ2n) is 5.49. The minimum Gasteiger partial charge on any atom is -0.370 e. The summed E-state index contributed by atoms with van der Waals surface area (Å²) in [5.74, 6) is 1.72. The first kappa shape index (κ1) is 14.5. The molecule has 5 heteroatoms. The summed E-state index contributed by atoms with van der Waals surface area (Å²) < 4.78 is 11.1. The average Bonchev–Trinajstić information content (AvgIpc) is 2.92. The lowest BCUT2D eigenvalue weighted by Crippen LogP contribution is -2.29. The number of nitrogens with two attached hydrogens (primary N) is 1. The van der Waals surface area contributed by atoms with Crippen LogP contribution in [0.5, 0.6) is 0 Å². The normalized spacial score (nSPS) is 24.6. The molecule has 0 aromatic carbocycles. The Hall–Kier alpha value is -0.940. The van der Waals surface area contributed by atoms with E-state index in [9.17, 15) is 0 Å². The van der Waals surface area contributed by atoms with Crippen molar-refractivity contribution >= 4 is 0 Å². The summed E-state index contributed by atoms with van der Waals surface area (Å²) >= 11 is 0. The summed E-state index contributed by atoms with van der Waals surface area (Å²) in [6, 6.07) is 0.263. The van der Waals surface area contributed by atoms with E-state index in [0.29, 0.717) is 11.7 Å². The maximum absolute atomic E-state index is 6.02. The molecule has 108 valence electrons. The predicted molar refractivity (Wildman–Crippen MR) is 72.8 cm³/mol. The van der Waals surface area contributed by atoms with E-state index in [4.69, 9.17) is 15.0 Å². The molecule has 5 nitrogen and oxygen atoms in total. The quantitative estimate of drug-likeness (QED) is 0.887. The Morgan fingerprint density at radius 2 is 2.11 bits per heavy atom. The van der Waals surface area contributed by atoms with Crippen LogP contribution in [0.25, 0.3) is 0 Å². The molecular formula is C14H25N3O2. The van der Waals surface area contributed by atoms with Crippen molar-refractivity contribution in [2.45, 2.75) is 69.9 Å². The van der Waals surface area contributed by atoms with Crippen LogP contribution in [0.4, 0.5) is 0 Å². The van der Waals surface area contributed by atoms with Crippen molar-refractivity contribution in [1.82, 2.24) is 10.1 Å². The molecule has 1 aromatic rings. The first-order chi connectivity index (χ1) is 9.15. The SMILES string of the molecule is CCC(CC)(OC)c1noc(C2CCCC(N)C2)n1. The van der Waals surface area contributed by atoms with Crippen molar-refractivity contribution in [1.29, 1.82) is 0 Å². The highest BCUT2D eigenvalue weighted by Crippen LogP contribution is 2.34. The number of hydrogen-bond donors (Lipinski definition) is 1. The van der Waals surface area contributed by atoms with Crippen LogP contribution in [0.2, 0.25) is 0 Å². The van der Waals surface area contributed by atoms with Crippen molar-refractivity contribution < 1.29 is 9.26 Å². The Morgan fingerprint density at radius 3 is 2.68 bits per heavy atom. The van der Waals surface area contributed by atoms with Crippen LogP contribution < -0.4 is 5.73 Å². The van der Waals surface area contributed by atoms with Gasteiger partial charge < -0.3 is 15.0 Å². The molecular weight excluding hydrogens is 242 g/mol. The maximum atomic E-state index is 6.02. The molecule has 1 fully saturated rings. The molecule has 2 N–H and O–H groups in total. The smallest absolute Gasteiger partial charge is 0.229 e. The fraction of sp³-hybridized carbons (Fsp3) is 0.857. The van der Waals surface area contributed by atoms with E-state index in [2.05, 4.69) is 24.0 Å². The van der Waals surface area contributed by atoms with Crippen LogP contribution in [-0.2, 0) is 10.3 Å². The number of hydrogen-bond acceptors (Lipinski definition) is 5. The Labute approximate surface area is 114 Å². The second kappa shape index (κ2) is 6.01. The highest BCUT2D eigenvalue weighted by atomic mass is 16.5. The van der Waals surface area contributed by atoms with E-state index >= 15 is 0 Å². The fourth-order valence-corrected chi connectivity index (χ4v) is 2.98. The zero-order valence-corrected chi connectivity index (χ0v) is 12.2. The van der Waals surface area contributed by atoms with Crippen LogP contribution in [0.3, 0.4) is 0 Å². The van der Waals surface area contributed by atoms with Gasteiger partial charge in [-0.05, 0) is 32.1 Å². The second-order valence-corrected chi connectivity index (χ2v) is 5.49. The van der Waals surface area contributed by atoms with E-state index in [1.165, 1.54) is 0 Å². The molecule has 0 amide bonds. The summed E-state index contributed by atoms with van der Waals surface area (Å²) in [6.07, 6.45) is 5.95. The first-order valence-electron chi connectivity index (χ1n) is 7.30. The lowest BCUT2D eigenvalue weighted by molar-refractivity contribution is -0.0306. The number of nitrogens with zero attached hydrogens (tertiary/aromatic N) is 2. The molecule has 1 aromatic heterocycles. The Balaban J connectivity index is 2.18. The molecule has 1 saturated carbocycles. The van der Waals surface area contributed by atoms with Gasteiger partial charge in [-0.1, -0.05) is 25.4 Å². The van der Waals surface area contributed by atoms with Crippen molar-refractivity contribution in [2.24, 2.45) is 5.73 Å². The molecule has 1 heterocycles. The lowest BCUT2D eigenvalue weighted by atomic mass is 9.86. The summed E-state index contributed by atoms with van der Waals surface area (Å²) in [6.45, 7) is 4.17. The van der Waals surface area contributed by atoms with Crippen LogP contribution in [0, 0.1) is 0 Å². The van der Waals surface area contributed by atoms with Crippen LogP contribution in [0.1, 0.15) is 70.0 Å². The van der Waals surface area contributed by atoms with Crippen LogP contribution in [0.15, 0.2) is 4.52 Å². The maximum Gasteiger partial charge on any atom is 0.229 e. The fourth-order valence-electron chi connectivity index (χ4n) is 2.98. The van der Waals surface area contributed by atoms with Gasteiger partial charge in [0.15, 0.2) is 0 Å². The summed E-state index contributed by atoms with van der Waals surface area (Å²) in [5.41, 5.74) is 5.60. The minimum absolute atomic E-state index is 0.263. The van der Waals surface area contributed by atoms with Gasteiger partial charge in [-0.2, -0.15) is 4.98 Å². The number of ether oxygens (including phenoxy) is 1. The van der Waals surface area contributed by atoms with E-state index in [1.54, 1.807) is 7.11 Å². The van der Waals surface area contributed by atoms with Gasteiger partial charge in [0, 0.05) is 19.1 Å². The summed E-state index contributed by atoms with van der Waals surface area (Å²) in [5, 5.41) is 4.15. The van der Waals surface area contributed by atoms with Crippen LogP contribution >= 0.6 is 0 Å². The Bertz CT molecular complexity index is 393. The van der Waals surface area contributed by atoms with Gasteiger partial charge >= 0.3 is 0 Å². The highest BCUT2D eigenvalue weighted by Gasteiger charge is 2.35. The number of rotatable bonds is 5. The summed E-state index contributed by atoms with van der Waals surface area (Å²) in [7, 11) is 1.71. The molecule has 0 bridgehead atoms. The van der Waals surface area contributed by atoms with Crippen molar-refractivity contribution in [3.63, 3.8) is 0 Å². The van der Waals surface area contributed by atoms with E-state index < -0.39 is 5.60 Å². The zero-order valence-electron chi connectivity index (χ0n) is 12.2. The van der Waals surface area contributed by atoms with Gasteiger partial charge in [0.1, 0.15) is 5.60 Å². The third-order valence-corrected chi connectivity index (χ3v) is 4.45. The molecule has 2 unspecified atom stereocenters. The number of methoxy groups -OCH3 is 1. The minimum atomic E-state index is -0.418. The van der Waals surface area contributed by atoms with Crippen LogP contribution in [-0.4, -0.2) is 23.3 Å². The molecule has 2 atom stereocenters. The molecule has 2 rings (SSSR count). The number of aromatic nitrogens is 2. The van der Waals surface area contributed by atoms with E-state index in [-0.39, 0.29) is 6.04 Å². The molecule has 0 aliphatic heterocycles. The Morgan fingerprint density at radius 1 is 1.37 bits per heavy atom. The van der Waals surface area contributed by atoms with E-state index in [1.807, 2.05) is 0 Å². The topological polar surface area (TPSA) is 74.2 Å². The third kappa shape index (κ3) is 2.82. The average molecular weight is 267 g/mol. The van der Waals surface area contributed by atoms with Crippen molar-refractivity contribution in [3.8, 4) is 0 Å². The van der Waals surface area contributed by atoms with Gasteiger partial charge in [0.05, 0.1) is 0 Å². The molecule has 1 aliphatic carbocycles. The van der Waals surface area contributed by atoms with Gasteiger partial charge in [-0.3, -0.25) is 0 Å². The first-order valence-corrected chi connectivity index (χ1v) is 7.30. The van der Waals surface area contributed by atoms with Gasteiger partial charge in [-0.15, -0.1) is 0 Å². The van der Waals surface area contributed by atoms with E-state index in [0.717, 1.165) is 44.4 Å². The monoisotopic (exact) mass is 267 g/mol. The molecule has 19 heavy (non-hydrogen) atoms. The van der Waals surface area contributed by atoms with Gasteiger partial charge in [-0.25, -0.2) is 0 Å². The predicted octanol–water partition coefficient (Wildman–Crippen LogP) is 2.72.